The van der Waals surface area contributed by atoms with Crippen LogP contribution in [0.5, 0.6) is 0 Å². The number of pyridine rings is 1. The van der Waals surface area contributed by atoms with Gasteiger partial charge in [0.05, 0.1) is 11.2 Å². The van der Waals surface area contributed by atoms with Crippen LogP contribution in [0.25, 0.3) is 6.08 Å². The standard InChI is InChI=1S/C14H20BNO2/c1-7-11-8-10(2)16-9-12(11)15-17-13(3,4)14(5,6)18-15/h7-9H,1H2,2-6H3. The monoisotopic (exact) mass is 245 g/mol. The van der Waals surface area contributed by atoms with Gasteiger partial charge in [-0.15, -0.1) is 0 Å². The van der Waals surface area contributed by atoms with Crippen molar-refractivity contribution in [3.05, 3.63) is 30.1 Å². The molecule has 0 unspecified atom stereocenters. The Morgan fingerprint density at radius 1 is 1.22 bits per heavy atom. The maximum absolute atomic E-state index is 6.02. The minimum absolute atomic E-state index is 0.332. The maximum Gasteiger partial charge on any atom is 0.497 e. The van der Waals surface area contributed by atoms with Crippen molar-refractivity contribution in [3.8, 4) is 0 Å². The molecule has 3 nitrogen and oxygen atoms in total. The molecule has 1 aromatic rings. The average Bonchev–Trinajstić information content (AvgIpc) is 2.47. The highest BCUT2D eigenvalue weighted by Crippen LogP contribution is 2.36. The second-order valence-corrected chi connectivity index (χ2v) is 5.75. The molecule has 96 valence electrons. The number of hydrogen-bond donors (Lipinski definition) is 0. The molecule has 0 spiro atoms. The predicted molar refractivity (Wildman–Crippen MR) is 74.8 cm³/mol. The molecule has 2 heterocycles. The first-order valence-electron chi connectivity index (χ1n) is 6.21. The second kappa shape index (κ2) is 4.21. The highest BCUT2D eigenvalue weighted by Gasteiger charge is 2.52. The van der Waals surface area contributed by atoms with Crippen LogP contribution >= 0.6 is 0 Å². The summed E-state index contributed by atoms with van der Waals surface area (Å²) in [5.74, 6) is 0. The minimum atomic E-state index is -0.379. The fourth-order valence-corrected chi connectivity index (χ4v) is 1.94. The van der Waals surface area contributed by atoms with Gasteiger partial charge in [-0.1, -0.05) is 12.7 Å². The minimum Gasteiger partial charge on any atom is -0.399 e. The van der Waals surface area contributed by atoms with Crippen molar-refractivity contribution in [1.29, 1.82) is 0 Å². The molecule has 1 fully saturated rings. The zero-order chi connectivity index (χ0) is 13.6. The third-order valence-corrected chi connectivity index (χ3v) is 3.83. The van der Waals surface area contributed by atoms with Crippen molar-refractivity contribution in [1.82, 2.24) is 4.98 Å². The van der Waals surface area contributed by atoms with E-state index >= 15 is 0 Å². The van der Waals surface area contributed by atoms with Gasteiger partial charge in [0, 0.05) is 17.4 Å². The van der Waals surface area contributed by atoms with Gasteiger partial charge in [0.15, 0.2) is 0 Å². The summed E-state index contributed by atoms with van der Waals surface area (Å²) in [6.45, 7) is 14.0. The normalized spacial score (nSPS) is 21.1. The first-order chi connectivity index (χ1) is 8.27. The first-order valence-corrected chi connectivity index (χ1v) is 6.21. The molecule has 0 saturated carbocycles. The van der Waals surface area contributed by atoms with Crippen LogP contribution in [0.1, 0.15) is 39.0 Å². The largest absolute Gasteiger partial charge is 0.497 e. The quantitative estimate of drug-likeness (QED) is 0.749. The van der Waals surface area contributed by atoms with E-state index < -0.39 is 0 Å². The van der Waals surface area contributed by atoms with Gasteiger partial charge in [0.2, 0.25) is 0 Å². The zero-order valence-electron chi connectivity index (χ0n) is 11.8. The molecule has 0 aromatic carbocycles. The summed E-state index contributed by atoms with van der Waals surface area (Å²) in [5.41, 5.74) is 2.25. The SMILES string of the molecule is C=Cc1cc(C)ncc1B1OC(C)(C)C(C)(C)O1. The van der Waals surface area contributed by atoms with Crippen LogP contribution in [0.15, 0.2) is 18.8 Å². The molecule has 1 aliphatic heterocycles. The second-order valence-electron chi connectivity index (χ2n) is 5.75. The lowest BCUT2D eigenvalue weighted by Gasteiger charge is -2.32. The molecule has 2 rings (SSSR count). The molecule has 0 bridgehead atoms. The van der Waals surface area contributed by atoms with E-state index in [1.165, 1.54) is 0 Å². The Morgan fingerprint density at radius 2 is 1.78 bits per heavy atom. The van der Waals surface area contributed by atoms with E-state index in [4.69, 9.17) is 9.31 Å². The molecular formula is C14H20BNO2. The van der Waals surface area contributed by atoms with Crippen molar-refractivity contribution in [2.45, 2.75) is 45.8 Å². The van der Waals surface area contributed by atoms with Crippen LogP contribution in [0.2, 0.25) is 0 Å². The van der Waals surface area contributed by atoms with E-state index in [0.717, 1.165) is 16.7 Å². The third kappa shape index (κ3) is 2.11. The van der Waals surface area contributed by atoms with Gasteiger partial charge in [0.1, 0.15) is 0 Å². The van der Waals surface area contributed by atoms with Gasteiger partial charge >= 0.3 is 7.12 Å². The molecule has 1 saturated heterocycles. The van der Waals surface area contributed by atoms with Crippen LogP contribution in [-0.4, -0.2) is 23.3 Å². The van der Waals surface area contributed by atoms with Crippen LogP contribution in [-0.2, 0) is 9.31 Å². The molecule has 0 N–H and O–H groups in total. The van der Waals surface area contributed by atoms with E-state index in [-0.39, 0.29) is 18.3 Å². The highest BCUT2D eigenvalue weighted by molar-refractivity contribution is 6.63. The van der Waals surface area contributed by atoms with Gasteiger partial charge in [-0.2, -0.15) is 0 Å². The molecule has 0 atom stereocenters. The van der Waals surface area contributed by atoms with Crippen molar-refractivity contribution in [2.75, 3.05) is 0 Å². The molecule has 1 aromatic heterocycles. The topological polar surface area (TPSA) is 31.4 Å². The summed E-state index contributed by atoms with van der Waals surface area (Å²) in [6.07, 6.45) is 3.63. The third-order valence-electron chi connectivity index (χ3n) is 3.83. The van der Waals surface area contributed by atoms with Gasteiger partial charge in [0.25, 0.3) is 0 Å². The smallest absolute Gasteiger partial charge is 0.399 e. The van der Waals surface area contributed by atoms with Crippen molar-refractivity contribution in [2.24, 2.45) is 0 Å². The Kier molecular flexibility index (Phi) is 3.12. The van der Waals surface area contributed by atoms with E-state index in [1.807, 2.05) is 53.0 Å². The van der Waals surface area contributed by atoms with Crippen LogP contribution in [0.3, 0.4) is 0 Å². The number of aryl methyl sites for hydroxylation is 1. The predicted octanol–water partition coefficient (Wildman–Crippen LogP) is 2.33. The Labute approximate surface area is 109 Å². The average molecular weight is 245 g/mol. The Balaban J connectivity index is 2.38. The van der Waals surface area contributed by atoms with E-state index in [0.29, 0.717) is 0 Å². The molecule has 18 heavy (non-hydrogen) atoms. The number of nitrogens with zero attached hydrogens (tertiary/aromatic N) is 1. The summed E-state index contributed by atoms with van der Waals surface area (Å²) in [6, 6.07) is 1.99. The van der Waals surface area contributed by atoms with Crippen molar-refractivity contribution < 1.29 is 9.31 Å². The summed E-state index contributed by atoms with van der Waals surface area (Å²) in [5, 5.41) is 0. The van der Waals surface area contributed by atoms with Gasteiger partial charge in [-0.3, -0.25) is 4.98 Å². The molecule has 1 aliphatic rings. The molecule has 0 radical (unpaired) electrons. The lowest BCUT2D eigenvalue weighted by molar-refractivity contribution is 0.00578. The summed E-state index contributed by atoms with van der Waals surface area (Å²) < 4.78 is 12.0. The first kappa shape index (κ1) is 13.3. The Hall–Kier alpha value is -1.13. The van der Waals surface area contributed by atoms with Gasteiger partial charge < -0.3 is 9.31 Å². The Morgan fingerprint density at radius 3 is 2.28 bits per heavy atom. The Bertz CT molecular complexity index is 467. The van der Waals surface area contributed by atoms with E-state index in [1.54, 1.807) is 0 Å². The summed E-state index contributed by atoms with van der Waals surface area (Å²) >= 11 is 0. The van der Waals surface area contributed by atoms with Crippen molar-refractivity contribution in [3.63, 3.8) is 0 Å². The van der Waals surface area contributed by atoms with Gasteiger partial charge in [-0.25, -0.2) is 0 Å². The van der Waals surface area contributed by atoms with Crippen LogP contribution in [0.4, 0.5) is 0 Å². The highest BCUT2D eigenvalue weighted by atomic mass is 16.7. The van der Waals surface area contributed by atoms with E-state index in [2.05, 4.69) is 11.6 Å². The molecule has 0 aliphatic carbocycles. The van der Waals surface area contributed by atoms with Crippen LogP contribution in [0, 0.1) is 6.92 Å². The lowest BCUT2D eigenvalue weighted by Crippen LogP contribution is -2.41. The summed E-state index contributed by atoms with van der Waals surface area (Å²) in [4.78, 5) is 4.32. The number of rotatable bonds is 2. The maximum atomic E-state index is 6.02. The molecule has 4 heteroatoms. The fraction of sp³-hybridized carbons (Fsp3) is 0.500. The molecular weight excluding hydrogens is 225 g/mol. The lowest BCUT2D eigenvalue weighted by atomic mass is 9.77. The van der Waals surface area contributed by atoms with Gasteiger partial charge in [-0.05, 0) is 46.2 Å². The van der Waals surface area contributed by atoms with Crippen LogP contribution < -0.4 is 5.46 Å². The fourth-order valence-electron chi connectivity index (χ4n) is 1.94. The van der Waals surface area contributed by atoms with E-state index in [9.17, 15) is 0 Å². The number of aromatic nitrogens is 1. The molecule has 0 amide bonds. The van der Waals surface area contributed by atoms with Crippen molar-refractivity contribution >= 4 is 18.7 Å². The number of hydrogen-bond acceptors (Lipinski definition) is 3. The zero-order valence-corrected chi connectivity index (χ0v) is 11.8. The summed E-state index contributed by atoms with van der Waals surface area (Å²) in [7, 11) is -0.379.